The van der Waals surface area contributed by atoms with Crippen molar-refractivity contribution in [3.8, 4) is 5.75 Å². The highest BCUT2D eigenvalue weighted by Crippen LogP contribution is 2.27. The predicted octanol–water partition coefficient (Wildman–Crippen LogP) is 0.645. The van der Waals surface area contributed by atoms with E-state index in [2.05, 4.69) is 0 Å². The van der Waals surface area contributed by atoms with E-state index in [0.717, 1.165) is 12.1 Å². The van der Waals surface area contributed by atoms with Crippen LogP contribution in [0.2, 0.25) is 0 Å². The van der Waals surface area contributed by atoms with Gasteiger partial charge in [0.15, 0.2) is 5.75 Å². The lowest BCUT2D eigenvalue weighted by Gasteiger charge is -2.18. The second-order valence-electron chi connectivity index (χ2n) is 3.98. The van der Waals surface area contributed by atoms with Crippen molar-refractivity contribution in [2.45, 2.75) is 18.9 Å². The molecule has 0 fully saturated rings. The van der Waals surface area contributed by atoms with Crippen molar-refractivity contribution in [3.63, 3.8) is 0 Å². The Bertz CT molecular complexity index is 470. The van der Waals surface area contributed by atoms with Gasteiger partial charge in [0.25, 0.3) is 0 Å². The standard InChI is InChI=1S/C10H12N2O5/c1-10(11,9(14)15)5-6-2-3-7(12(16)17)8(13)4-6/h2-4,13H,5,11H2,1H3,(H,14,15). The molecule has 4 N–H and O–H groups in total. The van der Waals surface area contributed by atoms with Crippen molar-refractivity contribution >= 4 is 11.7 Å². The summed E-state index contributed by atoms with van der Waals surface area (Å²) >= 11 is 0. The molecule has 0 aliphatic rings. The van der Waals surface area contributed by atoms with E-state index < -0.39 is 27.9 Å². The van der Waals surface area contributed by atoms with E-state index in [1.165, 1.54) is 13.0 Å². The van der Waals surface area contributed by atoms with Gasteiger partial charge in [0.2, 0.25) is 0 Å². The number of carbonyl (C=O) groups is 1. The Hall–Kier alpha value is -2.15. The Balaban J connectivity index is 2.99. The summed E-state index contributed by atoms with van der Waals surface area (Å²) in [6.45, 7) is 1.33. The summed E-state index contributed by atoms with van der Waals surface area (Å²) in [6.07, 6.45) is -0.0338. The maximum absolute atomic E-state index is 10.8. The molecule has 0 aromatic heterocycles. The number of benzene rings is 1. The maximum Gasteiger partial charge on any atom is 0.323 e. The number of hydrogen-bond donors (Lipinski definition) is 3. The third kappa shape index (κ3) is 2.91. The number of phenolic OH excluding ortho intramolecular Hbond substituents is 1. The van der Waals surface area contributed by atoms with Gasteiger partial charge in [-0.1, -0.05) is 6.07 Å². The molecule has 1 rings (SSSR count). The van der Waals surface area contributed by atoms with Gasteiger partial charge in [-0.25, -0.2) is 0 Å². The molecule has 7 heteroatoms. The SMILES string of the molecule is CC(N)(Cc1ccc([N+](=O)[O-])c(O)c1)C(=O)O. The first-order valence-electron chi connectivity index (χ1n) is 4.72. The van der Waals surface area contributed by atoms with E-state index in [-0.39, 0.29) is 6.42 Å². The van der Waals surface area contributed by atoms with Crippen LogP contribution in [0.25, 0.3) is 0 Å². The van der Waals surface area contributed by atoms with E-state index in [4.69, 9.17) is 10.8 Å². The molecule has 0 radical (unpaired) electrons. The zero-order valence-electron chi connectivity index (χ0n) is 9.08. The molecule has 1 unspecified atom stereocenters. The molecule has 1 aromatic rings. The van der Waals surface area contributed by atoms with Crippen LogP contribution >= 0.6 is 0 Å². The first kappa shape index (κ1) is 12.9. The monoisotopic (exact) mass is 240 g/mol. The molecule has 1 aromatic carbocycles. The Morgan fingerprint density at radius 3 is 2.59 bits per heavy atom. The van der Waals surface area contributed by atoms with Gasteiger partial charge < -0.3 is 15.9 Å². The first-order valence-corrected chi connectivity index (χ1v) is 4.72. The number of phenols is 1. The minimum atomic E-state index is -1.48. The zero-order valence-corrected chi connectivity index (χ0v) is 9.08. The lowest BCUT2D eigenvalue weighted by Crippen LogP contribution is -2.46. The molecule has 0 heterocycles. The molecule has 0 saturated heterocycles. The van der Waals surface area contributed by atoms with E-state index in [1.807, 2.05) is 0 Å². The minimum absolute atomic E-state index is 0.0338. The van der Waals surface area contributed by atoms with Crippen LogP contribution in [0.5, 0.6) is 5.75 Å². The number of nitro groups is 1. The fourth-order valence-corrected chi connectivity index (χ4v) is 1.33. The van der Waals surface area contributed by atoms with Gasteiger partial charge in [-0.2, -0.15) is 0 Å². The van der Waals surface area contributed by atoms with Crippen molar-refractivity contribution in [1.29, 1.82) is 0 Å². The summed E-state index contributed by atoms with van der Waals surface area (Å²) < 4.78 is 0. The second kappa shape index (κ2) is 4.38. The average molecular weight is 240 g/mol. The molecule has 0 spiro atoms. The van der Waals surface area contributed by atoms with E-state index in [1.54, 1.807) is 0 Å². The van der Waals surface area contributed by atoms with Gasteiger partial charge in [0, 0.05) is 12.5 Å². The number of carboxylic acid groups (broad SMARTS) is 1. The zero-order chi connectivity index (χ0) is 13.2. The molecule has 0 bridgehead atoms. The van der Waals surface area contributed by atoms with Crippen LogP contribution in [0.1, 0.15) is 12.5 Å². The van der Waals surface area contributed by atoms with Crippen LogP contribution in [0, 0.1) is 10.1 Å². The van der Waals surface area contributed by atoms with Crippen molar-refractivity contribution in [2.24, 2.45) is 5.73 Å². The summed E-state index contributed by atoms with van der Waals surface area (Å²) in [5, 5.41) is 28.6. The van der Waals surface area contributed by atoms with Crippen LogP contribution in [0.15, 0.2) is 18.2 Å². The van der Waals surface area contributed by atoms with Crippen molar-refractivity contribution in [2.75, 3.05) is 0 Å². The van der Waals surface area contributed by atoms with Gasteiger partial charge in [-0.3, -0.25) is 14.9 Å². The molecule has 0 amide bonds. The van der Waals surface area contributed by atoms with Crippen molar-refractivity contribution in [3.05, 3.63) is 33.9 Å². The number of aromatic hydroxyl groups is 1. The highest BCUT2D eigenvalue weighted by molar-refractivity contribution is 5.78. The Kier molecular flexibility index (Phi) is 3.33. The van der Waals surface area contributed by atoms with Gasteiger partial charge in [-0.05, 0) is 18.6 Å². The van der Waals surface area contributed by atoms with Crippen molar-refractivity contribution < 1.29 is 19.9 Å². The van der Waals surface area contributed by atoms with Crippen LogP contribution in [0.3, 0.4) is 0 Å². The number of nitrogens with zero attached hydrogens (tertiary/aromatic N) is 1. The Labute approximate surface area is 96.6 Å². The lowest BCUT2D eigenvalue weighted by atomic mass is 9.94. The normalized spacial score (nSPS) is 14.0. The third-order valence-corrected chi connectivity index (χ3v) is 2.30. The van der Waals surface area contributed by atoms with Gasteiger partial charge in [-0.15, -0.1) is 0 Å². The molecule has 1 atom stereocenters. The minimum Gasteiger partial charge on any atom is -0.502 e. The van der Waals surface area contributed by atoms with Crippen LogP contribution in [-0.2, 0) is 11.2 Å². The fraction of sp³-hybridized carbons (Fsp3) is 0.300. The van der Waals surface area contributed by atoms with Gasteiger partial charge >= 0.3 is 11.7 Å². The summed E-state index contributed by atoms with van der Waals surface area (Å²) in [7, 11) is 0. The van der Waals surface area contributed by atoms with E-state index in [9.17, 15) is 20.0 Å². The fourth-order valence-electron chi connectivity index (χ4n) is 1.33. The van der Waals surface area contributed by atoms with Crippen molar-refractivity contribution in [1.82, 2.24) is 0 Å². The summed E-state index contributed by atoms with van der Waals surface area (Å²) in [6, 6.07) is 3.63. The lowest BCUT2D eigenvalue weighted by molar-refractivity contribution is -0.385. The largest absolute Gasteiger partial charge is 0.502 e. The average Bonchev–Trinajstić information content (AvgIpc) is 2.15. The van der Waals surface area contributed by atoms with Crippen LogP contribution in [0.4, 0.5) is 5.69 Å². The van der Waals surface area contributed by atoms with Crippen LogP contribution in [-0.4, -0.2) is 26.6 Å². The number of rotatable bonds is 4. The highest BCUT2D eigenvalue weighted by Gasteiger charge is 2.28. The summed E-state index contributed by atoms with van der Waals surface area (Å²) in [5.41, 5.74) is 4.03. The van der Waals surface area contributed by atoms with Crippen LogP contribution < -0.4 is 5.73 Å². The summed E-state index contributed by atoms with van der Waals surface area (Å²) in [4.78, 5) is 20.5. The quantitative estimate of drug-likeness (QED) is 0.523. The smallest absolute Gasteiger partial charge is 0.323 e. The van der Waals surface area contributed by atoms with Gasteiger partial charge in [0.1, 0.15) is 5.54 Å². The molecular weight excluding hydrogens is 228 g/mol. The number of nitrogens with two attached hydrogens (primary N) is 1. The molecule has 17 heavy (non-hydrogen) atoms. The number of hydrogen-bond acceptors (Lipinski definition) is 5. The molecule has 0 aliphatic carbocycles. The van der Waals surface area contributed by atoms with E-state index in [0.29, 0.717) is 5.56 Å². The molecule has 92 valence electrons. The molecule has 0 aliphatic heterocycles. The molecule has 0 saturated carbocycles. The highest BCUT2D eigenvalue weighted by atomic mass is 16.6. The third-order valence-electron chi connectivity index (χ3n) is 2.30. The van der Waals surface area contributed by atoms with E-state index >= 15 is 0 Å². The second-order valence-corrected chi connectivity index (χ2v) is 3.98. The summed E-state index contributed by atoms with van der Waals surface area (Å²) in [5.74, 6) is -1.69. The Morgan fingerprint density at radius 2 is 2.18 bits per heavy atom. The molecule has 7 nitrogen and oxygen atoms in total. The number of aliphatic carboxylic acids is 1. The molecular formula is C10H12N2O5. The van der Waals surface area contributed by atoms with Gasteiger partial charge in [0.05, 0.1) is 4.92 Å². The Morgan fingerprint density at radius 1 is 1.59 bits per heavy atom. The predicted molar refractivity (Wildman–Crippen MR) is 58.7 cm³/mol. The number of carboxylic acids is 1. The topological polar surface area (TPSA) is 127 Å². The number of nitro benzene ring substituents is 1. The maximum atomic E-state index is 10.8. The first-order chi connectivity index (χ1) is 7.74.